The molecule has 1 aromatic heterocycles. The van der Waals surface area contributed by atoms with E-state index in [-0.39, 0.29) is 12.0 Å². The lowest BCUT2D eigenvalue weighted by molar-refractivity contribution is 0.164. The number of rotatable bonds is 19. The van der Waals surface area contributed by atoms with Crippen LogP contribution in [-0.4, -0.2) is 99.7 Å². The highest BCUT2D eigenvalue weighted by molar-refractivity contribution is 7.17. The minimum absolute atomic E-state index is 0.111. The molecule has 56 heavy (non-hydrogen) atoms. The molecule has 2 aromatic carbocycles. The number of thiophene rings is 1. The van der Waals surface area contributed by atoms with Crippen molar-refractivity contribution in [3.8, 4) is 11.8 Å². The lowest BCUT2D eigenvalue weighted by atomic mass is 9.96. The first-order valence-corrected chi connectivity index (χ1v) is 21.2. The number of hydrogen-bond acceptors (Lipinski definition) is 9. The van der Waals surface area contributed by atoms with Crippen molar-refractivity contribution in [2.24, 2.45) is 21.9 Å². The molecule has 5 rings (SSSR count). The summed E-state index contributed by atoms with van der Waals surface area (Å²) in [6.45, 7) is 24.0. The van der Waals surface area contributed by atoms with Crippen LogP contribution in [0.3, 0.4) is 0 Å². The van der Waals surface area contributed by atoms with Crippen LogP contribution >= 0.6 is 22.9 Å². The molecule has 8 nitrogen and oxygen atoms in total. The molecule has 1 fully saturated rings. The fraction of sp³-hybridized carbons (Fsp3) is 0.435. The molecule has 0 spiro atoms. The quantitative estimate of drug-likeness (QED) is 0.0641. The number of hydrogen-bond donors (Lipinski definition) is 3. The molecular formula is C46H61ClN8S. The maximum atomic E-state index is 6.19. The standard InChI is InChI=1S/C46H61ClN8S/c1-9-37-13-12-14-42(41(37)32-53(8)40(10-2)21-15-33(4)48-6)51-29-35-23-25-54(26-24-35)27-28-55-31-36(30-52-55)16-22-43-34(5)44(46(49-7)56-43)45(50-11-3)38-17-19-39(47)20-18-38/h9-10,12-14,17-20,30,35-36,40,48-49,51H,1-2,4,11,15,21,23-29,31-32H2,3,5-8H3/b50-45-. The molecule has 298 valence electrons. The second-order valence-corrected chi connectivity index (χ2v) is 16.2. The zero-order valence-corrected chi connectivity index (χ0v) is 35.7. The van der Waals surface area contributed by atoms with Crippen molar-refractivity contribution in [3.63, 3.8) is 0 Å². The van der Waals surface area contributed by atoms with Gasteiger partial charge in [0.2, 0.25) is 0 Å². The Labute approximate surface area is 345 Å². The van der Waals surface area contributed by atoms with E-state index in [1.165, 1.54) is 29.7 Å². The van der Waals surface area contributed by atoms with Crippen LogP contribution in [0.5, 0.6) is 0 Å². The number of likely N-dealkylation sites (N-methyl/N-ethyl adjacent to an activating group) is 1. The number of nitrogens with one attached hydrogen (secondary N) is 3. The molecule has 2 aliphatic heterocycles. The molecule has 2 unspecified atom stereocenters. The van der Waals surface area contributed by atoms with Gasteiger partial charge in [0.25, 0.3) is 0 Å². The number of allylic oxidation sites excluding steroid dienone is 1. The summed E-state index contributed by atoms with van der Waals surface area (Å²) in [5.74, 6) is 7.76. The van der Waals surface area contributed by atoms with E-state index in [2.05, 4.69) is 108 Å². The van der Waals surface area contributed by atoms with Crippen molar-refractivity contribution in [3.05, 3.63) is 112 Å². The van der Waals surface area contributed by atoms with E-state index in [9.17, 15) is 0 Å². The molecule has 0 aliphatic carbocycles. The van der Waals surface area contributed by atoms with Gasteiger partial charge < -0.3 is 20.9 Å². The van der Waals surface area contributed by atoms with E-state index in [1.54, 1.807) is 11.3 Å². The van der Waals surface area contributed by atoms with E-state index < -0.39 is 0 Å². The maximum Gasteiger partial charge on any atom is 0.0991 e. The van der Waals surface area contributed by atoms with E-state index in [4.69, 9.17) is 21.7 Å². The fourth-order valence-electron chi connectivity index (χ4n) is 7.46. The Morgan fingerprint density at radius 3 is 2.59 bits per heavy atom. The molecule has 2 aliphatic rings. The first-order chi connectivity index (χ1) is 27.2. The number of piperidine rings is 1. The van der Waals surface area contributed by atoms with Gasteiger partial charge in [-0.3, -0.25) is 14.9 Å². The van der Waals surface area contributed by atoms with Gasteiger partial charge in [0.1, 0.15) is 0 Å². The zero-order chi connectivity index (χ0) is 40.0. The van der Waals surface area contributed by atoms with Gasteiger partial charge >= 0.3 is 0 Å². The molecule has 2 atom stereocenters. The first kappa shape index (κ1) is 42.8. The average molecular weight is 794 g/mol. The maximum absolute atomic E-state index is 6.19. The molecular weight excluding hydrogens is 732 g/mol. The van der Waals surface area contributed by atoms with E-state index in [0.717, 1.165) is 102 Å². The highest BCUT2D eigenvalue weighted by atomic mass is 35.5. The Morgan fingerprint density at radius 1 is 1.14 bits per heavy atom. The Morgan fingerprint density at radius 2 is 1.91 bits per heavy atom. The normalized spacial score (nSPS) is 16.7. The van der Waals surface area contributed by atoms with Gasteiger partial charge in [-0.25, -0.2) is 0 Å². The number of benzene rings is 2. The van der Waals surface area contributed by atoms with Crippen LogP contribution in [0, 0.1) is 30.6 Å². The van der Waals surface area contributed by atoms with Crippen molar-refractivity contribution in [1.29, 1.82) is 0 Å². The minimum atomic E-state index is 0.111. The fourth-order valence-corrected chi connectivity index (χ4v) is 8.61. The van der Waals surface area contributed by atoms with Gasteiger partial charge in [-0.05, 0) is 100 Å². The van der Waals surface area contributed by atoms with Crippen LogP contribution in [0.2, 0.25) is 5.02 Å². The molecule has 0 amide bonds. The first-order valence-electron chi connectivity index (χ1n) is 20.0. The Kier molecular flexibility index (Phi) is 16.3. The van der Waals surface area contributed by atoms with Gasteiger partial charge in [0.05, 0.1) is 28.1 Å². The third-order valence-corrected chi connectivity index (χ3v) is 12.4. The largest absolute Gasteiger partial charge is 0.392 e. The number of likely N-dealkylation sites (tertiary alicyclic amines) is 1. The van der Waals surface area contributed by atoms with Crippen LogP contribution < -0.4 is 16.0 Å². The van der Waals surface area contributed by atoms with E-state index in [1.807, 2.05) is 50.7 Å². The topological polar surface area (TPSA) is 70.5 Å². The van der Waals surface area contributed by atoms with Crippen LogP contribution in [-0.2, 0) is 6.54 Å². The van der Waals surface area contributed by atoms with Crippen molar-refractivity contribution in [2.45, 2.75) is 52.1 Å². The summed E-state index contributed by atoms with van der Waals surface area (Å²) in [4.78, 5) is 10.9. The SMILES string of the molecule is C=Cc1cccc(NCC2CCN(CCN3CC(C#Cc4sc(NC)c(/C(=N\CC)c5ccc(Cl)cc5)c4C)C=N3)CC2)c1CN(C)C(C=C)CCC(=C)NC. The number of anilines is 2. The summed E-state index contributed by atoms with van der Waals surface area (Å²) in [6, 6.07) is 14.7. The molecule has 10 heteroatoms. The summed E-state index contributed by atoms with van der Waals surface area (Å²) in [7, 11) is 6.07. The van der Waals surface area contributed by atoms with Crippen molar-refractivity contribution in [1.82, 2.24) is 20.1 Å². The molecule has 0 saturated carbocycles. The monoisotopic (exact) mass is 792 g/mol. The number of nitrogens with zero attached hydrogens (tertiary/aromatic N) is 5. The van der Waals surface area contributed by atoms with Crippen molar-refractivity contribution in [2.75, 3.05) is 77.6 Å². The van der Waals surface area contributed by atoms with Gasteiger partial charge in [0, 0.05) is 86.6 Å². The van der Waals surface area contributed by atoms with Crippen molar-refractivity contribution < 1.29 is 0 Å². The summed E-state index contributed by atoms with van der Waals surface area (Å²) in [6.07, 6.45) is 10.3. The summed E-state index contributed by atoms with van der Waals surface area (Å²) < 4.78 is 0. The Balaban J connectivity index is 1.09. The molecule has 3 heterocycles. The smallest absolute Gasteiger partial charge is 0.0991 e. The van der Waals surface area contributed by atoms with Gasteiger partial charge in [-0.2, -0.15) is 5.10 Å². The third kappa shape index (κ3) is 11.4. The van der Waals surface area contributed by atoms with E-state index in [0.29, 0.717) is 12.5 Å². The lowest BCUT2D eigenvalue weighted by Gasteiger charge is -2.33. The van der Waals surface area contributed by atoms with Crippen molar-refractivity contribution >= 4 is 51.6 Å². The average Bonchev–Trinajstić information content (AvgIpc) is 3.81. The Hall–Kier alpha value is -4.33. The molecule has 0 bridgehead atoms. The van der Waals surface area contributed by atoms with Crippen LogP contribution in [0.4, 0.5) is 10.7 Å². The number of hydrazone groups is 1. The highest BCUT2D eigenvalue weighted by Crippen LogP contribution is 2.35. The summed E-state index contributed by atoms with van der Waals surface area (Å²) in [5.41, 5.74) is 9.01. The molecule has 3 aromatic rings. The predicted octanol–water partition coefficient (Wildman–Crippen LogP) is 8.84. The molecule has 3 N–H and O–H groups in total. The van der Waals surface area contributed by atoms with Crippen LogP contribution in [0.15, 0.2) is 84.1 Å². The third-order valence-electron chi connectivity index (χ3n) is 11.0. The molecule has 1 saturated heterocycles. The van der Waals surface area contributed by atoms with E-state index >= 15 is 0 Å². The second-order valence-electron chi connectivity index (χ2n) is 14.7. The lowest BCUT2D eigenvalue weighted by Crippen LogP contribution is -2.39. The molecule has 0 radical (unpaired) electrons. The Bertz CT molecular complexity index is 1910. The number of halogens is 1. The summed E-state index contributed by atoms with van der Waals surface area (Å²) >= 11 is 7.88. The van der Waals surface area contributed by atoms with Gasteiger partial charge in [-0.15, -0.1) is 17.9 Å². The van der Waals surface area contributed by atoms with Gasteiger partial charge in [0.15, 0.2) is 0 Å². The summed E-state index contributed by atoms with van der Waals surface area (Å²) in [5, 5.41) is 19.1. The van der Waals surface area contributed by atoms with Gasteiger partial charge in [-0.1, -0.05) is 73.0 Å². The van der Waals surface area contributed by atoms with Crippen LogP contribution in [0.25, 0.3) is 6.08 Å². The second kappa shape index (κ2) is 21.3. The predicted molar refractivity (Wildman–Crippen MR) is 244 cm³/mol. The van der Waals surface area contributed by atoms with Crippen LogP contribution in [0.1, 0.15) is 65.3 Å². The highest BCUT2D eigenvalue weighted by Gasteiger charge is 2.23. The minimum Gasteiger partial charge on any atom is -0.392 e. The zero-order valence-electron chi connectivity index (χ0n) is 34.1. The number of aliphatic imine (C=N–C) groups is 1.